The summed E-state index contributed by atoms with van der Waals surface area (Å²) in [6.07, 6.45) is 3.21. The zero-order chi connectivity index (χ0) is 24.6. The number of carboxylic acid groups (broad SMARTS) is 2. The first kappa shape index (κ1) is 24.7. The third-order valence-corrected chi connectivity index (χ3v) is 4.25. The molecule has 1 aromatic heterocycles. The van der Waals surface area contributed by atoms with E-state index in [2.05, 4.69) is 10.1 Å². The highest BCUT2D eigenvalue weighted by Gasteiger charge is 2.11. The van der Waals surface area contributed by atoms with E-state index < -0.39 is 24.0 Å². The number of nitrogens with zero attached hydrogens (tertiary/aromatic N) is 1. The Morgan fingerprint density at radius 2 is 1.66 bits per heavy atom. The van der Waals surface area contributed by atoms with Crippen molar-refractivity contribution in [3.63, 3.8) is 0 Å². The van der Waals surface area contributed by atoms with Gasteiger partial charge in [-0.3, -0.25) is 14.6 Å². The van der Waals surface area contributed by atoms with E-state index in [1.807, 2.05) is 60.7 Å². The number of hydrogen-bond donors (Lipinski definition) is 6. The van der Waals surface area contributed by atoms with Gasteiger partial charge in [0.15, 0.2) is 0 Å². The fraction of sp³-hybridized carbons (Fsp3) is 0.261. The van der Waals surface area contributed by atoms with Gasteiger partial charge < -0.3 is 33.2 Å². The number of aliphatic carboxylic acids is 2. The highest BCUT2D eigenvalue weighted by molar-refractivity contribution is 5.80. The molecule has 0 fully saturated rings. The number of hydrogen-bond acceptors (Lipinski definition) is 8. The van der Waals surface area contributed by atoms with Gasteiger partial charge in [0, 0.05) is 5.39 Å². The van der Waals surface area contributed by atoms with E-state index in [0.717, 1.165) is 16.5 Å². The number of rotatable bonds is 7. The van der Waals surface area contributed by atoms with Crippen molar-refractivity contribution in [1.29, 1.82) is 1.43 Å². The fourth-order valence-corrected chi connectivity index (χ4v) is 2.50. The van der Waals surface area contributed by atoms with Crippen LogP contribution in [0.1, 0.15) is 18.4 Å². The smallest absolute Gasteiger partial charge is 0.320 e. The Hall–Kier alpha value is -3.53. The van der Waals surface area contributed by atoms with Gasteiger partial charge in [-0.1, -0.05) is 48.5 Å². The van der Waals surface area contributed by atoms with E-state index in [-0.39, 0.29) is 0 Å². The molecule has 0 amide bonds. The molecule has 9 heteroatoms. The Morgan fingerprint density at radius 1 is 1.00 bits per heavy atom. The number of aromatic nitrogens is 1. The second kappa shape index (κ2) is 14.5. The molecule has 0 aliphatic carbocycles. The lowest BCUT2D eigenvalue weighted by Crippen LogP contribution is -2.32. The third-order valence-electron chi connectivity index (χ3n) is 4.25. The van der Waals surface area contributed by atoms with Gasteiger partial charge in [0.2, 0.25) is 0 Å². The van der Waals surface area contributed by atoms with Crippen LogP contribution in [0.3, 0.4) is 0 Å². The average molecular weight is 443 g/mol. The molecule has 2 aromatic carbocycles. The Bertz CT molecular complexity index is 991. The van der Waals surface area contributed by atoms with E-state index in [1.165, 1.54) is 0 Å². The molecule has 3 rings (SSSR count). The molecule has 1 heterocycles. The molecule has 10 N–H and O–H groups in total. The summed E-state index contributed by atoms with van der Waals surface area (Å²) in [6, 6.07) is 17.7. The van der Waals surface area contributed by atoms with E-state index in [0.29, 0.717) is 31.5 Å². The van der Waals surface area contributed by atoms with Crippen LogP contribution in [0.4, 0.5) is 5.69 Å². The summed E-state index contributed by atoms with van der Waals surface area (Å²) in [4.78, 5) is 25.0. The van der Waals surface area contributed by atoms with E-state index >= 15 is 0 Å². The topological polar surface area (TPSA) is 192 Å². The molecule has 0 aliphatic rings. The van der Waals surface area contributed by atoms with E-state index in [9.17, 15) is 9.59 Å². The largest absolute Gasteiger partial charge is 0.480 e. The van der Waals surface area contributed by atoms with Crippen molar-refractivity contribution in [3.05, 3.63) is 72.4 Å². The van der Waals surface area contributed by atoms with Crippen LogP contribution in [0.5, 0.6) is 0 Å². The first-order valence-electron chi connectivity index (χ1n) is 10.4. The Morgan fingerprint density at radius 3 is 2.28 bits per heavy atom. The summed E-state index contributed by atoms with van der Waals surface area (Å²) in [7, 11) is 0. The highest BCUT2D eigenvalue weighted by Crippen LogP contribution is 2.12. The Balaban J connectivity index is 0.000000249. The standard InChI is InChI=1S/C9H8N2.C9H11NO2.C5H12N2O2/c10-8-5-7-3-1-2-4-9(7)11-6-8;10-8(9(11)12)6-7-4-2-1-3-5-7;6-3-1-2-4(7)5(8)9/h1-6H,10H2;1-5,8H,6,10H2,(H,11,12);4H,1-3,6-7H2,(H,8,9)/t;8-;4-/m.01/s1/i/hD. The molecule has 0 saturated carbocycles. The van der Waals surface area contributed by atoms with Gasteiger partial charge in [0.25, 0.3) is 1.43 Å². The first-order valence-corrected chi connectivity index (χ1v) is 10.0. The van der Waals surface area contributed by atoms with Crippen LogP contribution >= 0.6 is 0 Å². The number of carbonyl (C=O) groups is 2. The number of anilines is 1. The number of carboxylic acids is 2. The molecule has 0 radical (unpaired) electrons. The summed E-state index contributed by atoms with van der Waals surface area (Å²) in [6.45, 7) is 0.499. The molecule has 172 valence electrons. The quantitative estimate of drug-likeness (QED) is 0.315. The molecular formula is C23H31N5O4. The van der Waals surface area contributed by atoms with Crippen molar-refractivity contribution in [2.75, 3.05) is 12.3 Å². The maximum atomic E-state index is 10.4. The van der Waals surface area contributed by atoms with Crippen molar-refractivity contribution in [3.8, 4) is 0 Å². The molecule has 3 aromatic rings. The normalized spacial score (nSPS) is 12.2. The zero-order valence-corrected chi connectivity index (χ0v) is 17.8. The fourth-order valence-electron chi connectivity index (χ4n) is 2.50. The molecule has 32 heavy (non-hydrogen) atoms. The number of para-hydroxylation sites is 1. The van der Waals surface area contributed by atoms with Crippen LogP contribution in [0.15, 0.2) is 66.9 Å². The van der Waals surface area contributed by atoms with Crippen LogP contribution in [0, 0.1) is 0 Å². The number of benzene rings is 2. The highest BCUT2D eigenvalue weighted by atomic mass is 16.4. The second-order valence-electron chi connectivity index (χ2n) is 6.95. The summed E-state index contributed by atoms with van der Waals surface area (Å²) in [5.41, 5.74) is 24.0. The molecule has 0 unspecified atom stereocenters. The number of fused-ring (bicyclic) bond motifs is 1. The average Bonchev–Trinajstić information content (AvgIpc) is 2.83. The SMILES string of the molecule is N[C@@H](Cc1ccccc1)C(=O)O.Nc1cnc2ccccc2c1.[2H]OC(=O)[C@H](N)CCCN. The summed E-state index contributed by atoms with van der Waals surface area (Å²) < 4.78 is 6.21. The minimum atomic E-state index is -0.959. The summed E-state index contributed by atoms with van der Waals surface area (Å²) in [5, 5.41) is 13.3. The van der Waals surface area contributed by atoms with Crippen molar-refractivity contribution in [2.24, 2.45) is 17.2 Å². The molecule has 0 aliphatic heterocycles. The lowest BCUT2D eigenvalue weighted by molar-refractivity contribution is -0.139. The van der Waals surface area contributed by atoms with Gasteiger partial charge in [-0.25, -0.2) is 0 Å². The van der Waals surface area contributed by atoms with Gasteiger partial charge in [-0.15, -0.1) is 0 Å². The minimum absolute atomic E-state index is 0.385. The van der Waals surface area contributed by atoms with Crippen molar-refractivity contribution in [2.45, 2.75) is 31.3 Å². The minimum Gasteiger partial charge on any atom is -0.480 e. The van der Waals surface area contributed by atoms with Gasteiger partial charge in [-0.05, 0) is 43.5 Å². The molecule has 2 atom stereocenters. The monoisotopic (exact) mass is 442 g/mol. The maximum absolute atomic E-state index is 10.4. The number of nitrogens with two attached hydrogens (primary N) is 4. The molecule has 0 spiro atoms. The second-order valence-corrected chi connectivity index (χ2v) is 6.95. The summed E-state index contributed by atoms with van der Waals surface area (Å²) in [5.74, 6) is -1.66. The first-order chi connectivity index (χ1) is 15.8. The van der Waals surface area contributed by atoms with Crippen LogP contribution < -0.4 is 22.9 Å². The van der Waals surface area contributed by atoms with Crippen molar-refractivity contribution in [1.82, 2.24) is 4.98 Å². The lowest BCUT2D eigenvalue weighted by atomic mass is 10.1. The van der Waals surface area contributed by atoms with Crippen LogP contribution in [0.25, 0.3) is 12.3 Å². The van der Waals surface area contributed by atoms with Gasteiger partial charge in [0.05, 0.1) is 17.4 Å². The maximum Gasteiger partial charge on any atom is 0.320 e. The molecular weight excluding hydrogens is 410 g/mol. The molecule has 0 saturated heterocycles. The van der Waals surface area contributed by atoms with Crippen LogP contribution in [-0.4, -0.2) is 45.8 Å². The molecule has 9 nitrogen and oxygen atoms in total. The van der Waals surface area contributed by atoms with Crippen LogP contribution in [-0.2, 0) is 16.0 Å². The molecule has 0 bridgehead atoms. The number of nitrogen functional groups attached to an aromatic ring is 1. The predicted molar refractivity (Wildman–Crippen MR) is 126 cm³/mol. The number of pyridine rings is 1. The van der Waals surface area contributed by atoms with Gasteiger partial charge >= 0.3 is 11.9 Å². The zero-order valence-electron chi connectivity index (χ0n) is 18.8. The third kappa shape index (κ3) is 10.5. The van der Waals surface area contributed by atoms with Crippen molar-refractivity contribution < 1.29 is 19.8 Å². The van der Waals surface area contributed by atoms with Gasteiger partial charge in [0.1, 0.15) is 12.1 Å². The van der Waals surface area contributed by atoms with E-state index in [4.69, 9.17) is 29.5 Å². The summed E-state index contributed by atoms with van der Waals surface area (Å²) >= 11 is 0. The van der Waals surface area contributed by atoms with Crippen molar-refractivity contribution >= 4 is 28.5 Å². The predicted octanol–water partition coefficient (Wildman–Crippen LogP) is 1.60. The lowest BCUT2D eigenvalue weighted by Gasteiger charge is -2.04. The Kier molecular flexibility index (Phi) is 11.2. The van der Waals surface area contributed by atoms with Crippen LogP contribution in [0.2, 0.25) is 0 Å². The van der Waals surface area contributed by atoms with E-state index in [1.54, 1.807) is 6.20 Å². The Labute approximate surface area is 188 Å². The van der Waals surface area contributed by atoms with Gasteiger partial charge in [-0.2, -0.15) is 0 Å².